The molecule has 0 bridgehead atoms. The number of aromatic hydroxyl groups is 1. The lowest BCUT2D eigenvalue weighted by atomic mass is 9.89. The predicted molar refractivity (Wildman–Crippen MR) is 86.3 cm³/mol. The van der Waals surface area contributed by atoms with Gasteiger partial charge in [-0.15, -0.1) is 0 Å². The molecule has 0 aliphatic carbocycles. The number of nitrogens with zero attached hydrogens (tertiary/aromatic N) is 1. The van der Waals surface area contributed by atoms with Crippen LogP contribution in [0, 0.1) is 11.8 Å². The van der Waals surface area contributed by atoms with Crippen molar-refractivity contribution in [1.29, 1.82) is 0 Å². The zero-order chi connectivity index (χ0) is 16.1. The molecule has 1 aromatic carbocycles. The van der Waals surface area contributed by atoms with Gasteiger partial charge in [0, 0.05) is 19.0 Å². The normalized spacial score (nSPS) is 17.7. The molecule has 1 saturated heterocycles. The van der Waals surface area contributed by atoms with Crippen molar-refractivity contribution >= 4 is 5.91 Å². The first-order chi connectivity index (χ1) is 10.5. The molecule has 1 atom stereocenters. The molecule has 1 fully saturated rings. The summed E-state index contributed by atoms with van der Waals surface area (Å²) < 4.78 is 0. The summed E-state index contributed by atoms with van der Waals surface area (Å²) >= 11 is 0. The highest BCUT2D eigenvalue weighted by Gasteiger charge is 2.28. The highest BCUT2D eigenvalue weighted by atomic mass is 16.3. The molecule has 0 saturated carbocycles. The third-order valence-corrected chi connectivity index (χ3v) is 4.20. The predicted octanol–water partition coefficient (Wildman–Crippen LogP) is 2.54. The van der Waals surface area contributed by atoms with Crippen molar-refractivity contribution < 1.29 is 15.0 Å². The second-order valence-electron chi connectivity index (χ2n) is 6.54. The fourth-order valence-electron chi connectivity index (χ4n) is 3.00. The minimum atomic E-state index is -0.265. The molecule has 4 heteroatoms. The molecule has 2 N–H and O–H groups in total. The third-order valence-electron chi connectivity index (χ3n) is 4.20. The van der Waals surface area contributed by atoms with Crippen LogP contribution in [0.3, 0.4) is 0 Å². The summed E-state index contributed by atoms with van der Waals surface area (Å²) in [5.74, 6) is 1.61. The van der Waals surface area contributed by atoms with Gasteiger partial charge >= 0.3 is 0 Å². The Labute approximate surface area is 132 Å². The number of benzene rings is 1. The first-order valence-electron chi connectivity index (χ1n) is 7.99. The van der Waals surface area contributed by atoms with E-state index in [9.17, 15) is 15.0 Å². The van der Waals surface area contributed by atoms with Gasteiger partial charge < -0.3 is 15.1 Å². The number of hydrogen-bond acceptors (Lipinski definition) is 3. The number of phenols is 1. The second-order valence-corrected chi connectivity index (χ2v) is 6.54. The Hall–Kier alpha value is -1.55. The van der Waals surface area contributed by atoms with Gasteiger partial charge in [-0.25, -0.2) is 0 Å². The summed E-state index contributed by atoms with van der Waals surface area (Å²) in [6.07, 6.45) is 2.54. The van der Waals surface area contributed by atoms with Crippen LogP contribution in [-0.4, -0.2) is 40.2 Å². The maximum absolute atomic E-state index is 12.8. The second kappa shape index (κ2) is 7.63. The molecule has 1 aliphatic heterocycles. The van der Waals surface area contributed by atoms with Gasteiger partial charge in [-0.05, 0) is 49.3 Å². The summed E-state index contributed by atoms with van der Waals surface area (Å²) in [5.41, 5.74) is 1.06. The Morgan fingerprint density at radius 2 is 1.82 bits per heavy atom. The molecule has 1 amide bonds. The van der Waals surface area contributed by atoms with Crippen LogP contribution >= 0.6 is 0 Å². The molecular formula is C18H26NO3. The van der Waals surface area contributed by atoms with Crippen LogP contribution in [-0.2, 0) is 11.2 Å². The summed E-state index contributed by atoms with van der Waals surface area (Å²) in [4.78, 5) is 14.7. The van der Waals surface area contributed by atoms with Gasteiger partial charge in [-0.1, -0.05) is 26.0 Å². The van der Waals surface area contributed by atoms with Gasteiger partial charge in [0.1, 0.15) is 5.75 Å². The van der Waals surface area contributed by atoms with E-state index in [1.54, 1.807) is 12.1 Å². The van der Waals surface area contributed by atoms with Gasteiger partial charge in [-0.2, -0.15) is 0 Å². The molecule has 121 valence electrons. The quantitative estimate of drug-likeness (QED) is 0.879. The summed E-state index contributed by atoms with van der Waals surface area (Å²) in [7, 11) is 0. The maximum atomic E-state index is 12.8. The summed E-state index contributed by atoms with van der Waals surface area (Å²) in [6, 6.07) is 7.08. The Balaban J connectivity index is 2.04. The fourth-order valence-corrected chi connectivity index (χ4v) is 3.00. The average molecular weight is 304 g/mol. The molecule has 0 spiro atoms. The van der Waals surface area contributed by atoms with E-state index >= 15 is 0 Å². The largest absolute Gasteiger partial charge is 0.508 e. The molecule has 1 aliphatic rings. The minimum Gasteiger partial charge on any atom is -0.508 e. The molecule has 1 heterocycles. The van der Waals surface area contributed by atoms with Crippen molar-refractivity contribution in [3.63, 3.8) is 0 Å². The van der Waals surface area contributed by atoms with Crippen LogP contribution in [0.25, 0.3) is 0 Å². The molecule has 1 radical (unpaired) electrons. The van der Waals surface area contributed by atoms with Gasteiger partial charge in [-0.3, -0.25) is 4.79 Å². The first-order valence-corrected chi connectivity index (χ1v) is 7.99. The van der Waals surface area contributed by atoms with Crippen molar-refractivity contribution in [1.82, 2.24) is 4.90 Å². The molecule has 22 heavy (non-hydrogen) atoms. The van der Waals surface area contributed by atoms with Crippen LogP contribution in [0.4, 0.5) is 0 Å². The van der Waals surface area contributed by atoms with Crippen molar-refractivity contribution in [2.45, 2.75) is 45.6 Å². The minimum absolute atomic E-state index is 0.0650. The number of hydrogen-bond donors (Lipinski definition) is 2. The fraction of sp³-hybridized carbons (Fsp3) is 0.556. The molecule has 2 rings (SSSR count). The number of carbonyl (C=O) groups is 1. The molecule has 4 nitrogen and oxygen atoms in total. The zero-order valence-electron chi connectivity index (χ0n) is 13.5. The van der Waals surface area contributed by atoms with Crippen molar-refractivity contribution in [3.8, 4) is 5.75 Å². The van der Waals surface area contributed by atoms with Gasteiger partial charge in [0.25, 0.3) is 0 Å². The number of amides is 1. The van der Waals surface area contributed by atoms with Gasteiger partial charge in [0.2, 0.25) is 5.91 Å². The highest BCUT2D eigenvalue weighted by Crippen LogP contribution is 2.23. The van der Waals surface area contributed by atoms with Crippen molar-refractivity contribution in [2.75, 3.05) is 13.1 Å². The number of phenolic OH excluding ortho intramolecular Hbond substituents is 1. The Bertz CT molecular complexity index is 476. The van der Waals surface area contributed by atoms with Crippen molar-refractivity contribution in [2.24, 2.45) is 5.92 Å². The molecule has 0 unspecified atom stereocenters. The number of aliphatic hydroxyl groups excluding tert-OH is 1. The highest BCUT2D eigenvalue weighted by molar-refractivity contribution is 5.79. The lowest BCUT2D eigenvalue weighted by Gasteiger charge is -2.33. The van der Waals surface area contributed by atoms with Crippen LogP contribution in [0.1, 0.15) is 38.7 Å². The smallest absolute Gasteiger partial charge is 0.226 e. The van der Waals surface area contributed by atoms with E-state index in [4.69, 9.17) is 0 Å². The topological polar surface area (TPSA) is 60.8 Å². The lowest BCUT2D eigenvalue weighted by Crippen LogP contribution is -2.43. The van der Waals surface area contributed by atoms with Crippen molar-refractivity contribution in [3.05, 3.63) is 35.7 Å². The van der Waals surface area contributed by atoms with E-state index < -0.39 is 0 Å². The average Bonchev–Trinajstić information content (AvgIpc) is 2.48. The summed E-state index contributed by atoms with van der Waals surface area (Å²) in [6.45, 7) is 5.40. The number of aliphatic hydroxyl groups is 1. The van der Waals surface area contributed by atoms with Crippen LogP contribution in [0.2, 0.25) is 0 Å². The van der Waals surface area contributed by atoms with Crippen LogP contribution < -0.4 is 0 Å². The molecular weight excluding hydrogens is 278 g/mol. The van der Waals surface area contributed by atoms with Crippen LogP contribution in [0.15, 0.2) is 24.3 Å². The Morgan fingerprint density at radius 1 is 1.23 bits per heavy atom. The molecule has 1 aromatic rings. The van der Waals surface area contributed by atoms with E-state index in [2.05, 4.69) is 13.8 Å². The summed E-state index contributed by atoms with van der Waals surface area (Å²) in [5, 5.41) is 19.0. The SMILES string of the molecule is C[C](C)C[C@@H](Cc1ccc(O)cc1)C(=O)N1CCC(O)CC1. The third kappa shape index (κ3) is 4.73. The first kappa shape index (κ1) is 16.8. The zero-order valence-corrected chi connectivity index (χ0v) is 13.5. The van der Waals surface area contributed by atoms with E-state index in [1.165, 1.54) is 5.92 Å². The van der Waals surface area contributed by atoms with Crippen LogP contribution in [0.5, 0.6) is 5.75 Å². The molecule has 0 aromatic heterocycles. The van der Waals surface area contributed by atoms with E-state index in [0.717, 1.165) is 12.0 Å². The lowest BCUT2D eigenvalue weighted by molar-refractivity contribution is -0.137. The number of likely N-dealkylation sites (tertiary alicyclic amines) is 1. The van der Waals surface area contributed by atoms with Gasteiger partial charge in [0.15, 0.2) is 0 Å². The number of carbonyl (C=O) groups excluding carboxylic acids is 1. The van der Waals surface area contributed by atoms with E-state index in [1.807, 2.05) is 17.0 Å². The van der Waals surface area contributed by atoms with Gasteiger partial charge in [0.05, 0.1) is 6.10 Å². The standard InChI is InChI=1S/C18H26NO3/c1-13(2)11-15(12-14-3-5-16(20)6-4-14)18(22)19-9-7-17(21)8-10-19/h3-6,15,17,20-21H,7-12H2,1-2H3/t15-/m0/s1. The van der Waals surface area contributed by atoms with E-state index in [-0.39, 0.29) is 23.7 Å². The maximum Gasteiger partial charge on any atom is 0.226 e. The monoisotopic (exact) mass is 304 g/mol. The van der Waals surface area contributed by atoms with E-state index in [0.29, 0.717) is 32.4 Å². The Morgan fingerprint density at radius 3 is 2.36 bits per heavy atom. The Kier molecular flexibility index (Phi) is 5.83. The number of piperidine rings is 1. The number of rotatable bonds is 5.